The first-order valence-corrected chi connectivity index (χ1v) is 5.41. The van der Waals surface area contributed by atoms with Crippen LogP contribution in [0.5, 0.6) is 0 Å². The first-order chi connectivity index (χ1) is 6.05. The van der Waals surface area contributed by atoms with Crippen molar-refractivity contribution in [2.24, 2.45) is 0 Å². The summed E-state index contributed by atoms with van der Waals surface area (Å²) in [5.74, 6) is -0.365. The molecule has 0 N–H and O–H groups in total. The molecule has 1 heterocycles. The van der Waals surface area contributed by atoms with Gasteiger partial charge in [-0.2, -0.15) is 0 Å². The maximum Gasteiger partial charge on any atom is 0.163 e. The molecule has 0 unspecified atom stereocenters. The maximum atomic E-state index is 5.79. The van der Waals surface area contributed by atoms with Crippen LogP contribution in [0.25, 0.3) is 0 Å². The molecule has 0 bridgehead atoms. The smallest absolute Gasteiger partial charge is 0.163 e. The molecule has 78 valence electrons. The minimum absolute atomic E-state index is 0.256. The van der Waals surface area contributed by atoms with Gasteiger partial charge >= 0.3 is 0 Å². The van der Waals surface area contributed by atoms with E-state index in [4.69, 9.17) is 9.47 Å². The Hall–Kier alpha value is -0.0800. The summed E-state index contributed by atoms with van der Waals surface area (Å²) in [5, 5.41) is 0. The van der Waals surface area contributed by atoms with Gasteiger partial charge in [-0.25, -0.2) is 0 Å². The van der Waals surface area contributed by atoms with Crippen LogP contribution in [-0.2, 0) is 9.47 Å². The molecule has 0 aromatic carbocycles. The van der Waals surface area contributed by atoms with Crippen LogP contribution in [0.2, 0.25) is 0 Å². The zero-order chi connectivity index (χ0) is 9.90. The van der Waals surface area contributed by atoms with Crippen LogP contribution in [0.15, 0.2) is 0 Å². The molecule has 0 radical (unpaired) electrons. The van der Waals surface area contributed by atoms with Crippen LogP contribution in [0.1, 0.15) is 53.4 Å². The average Bonchev–Trinajstić information content (AvgIpc) is 2.25. The molecule has 2 nitrogen and oxygen atoms in total. The van der Waals surface area contributed by atoms with E-state index in [1.165, 1.54) is 19.3 Å². The molecule has 2 atom stereocenters. The van der Waals surface area contributed by atoms with Crippen molar-refractivity contribution in [1.82, 2.24) is 0 Å². The van der Waals surface area contributed by atoms with Gasteiger partial charge in [0.15, 0.2) is 5.79 Å². The molecule has 1 aliphatic rings. The highest BCUT2D eigenvalue weighted by atomic mass is 16.7. The predicted octanol–water partition coefficient (Wildman–Crippen LogP) is 3.11. The van der Waals surface area contributed by atoms with Gasteiger partial charge in [-0.1, -0.05) is 26.2 Å². The molecule has 0 spiro atoms. The van der Waals surface area contributed by atoms with E-state index in [1.54, 1.807) is 0 Å². The highest BCUT2D eigenvalue weighted by molar-refractivity contribution is 4.77. The van der Waals surface area contributed by atoms with E-state index < -0.39 is 0 Å². The lowest BCUT2D eigenvalue weighted by molar-refractivity contribution is -0.145. The molecule has 13 heavy (non-hydrogen) atoms. The van der Waals surface area contributed by atoms with Crippen LogP contribution in [0.4, 0.5) is 0 Å². The van der Waals surface area contributed by atoms with Crippen molar-refractivity contribution in [1.29, 1.82) is 0 Å². The molecule has 0 aliphatic carbocycles. The Kier molecular flexibility index (Phi) is 3.74. The quantitative estimate of drug-likeness (QED) is 0.628. The molecule has 1 rings (SSSR count). The molecule has 1 fully saturated rings. The Labute approximate surface area is 81.6 Å². The van der Waals surface area contributed by atoms with E-state index >= 15 is 0 Å². The van der Waals surface area contributed by atoms with E-state index in [-0.39, 0.29) is 11.9 Å². The number of hydrogen-bond donors (Lipinski definition) is 0. The molecule has 1 aliphatic heterocycles. The van der Waals surface area contributed by atoms with Crippen molar-refractivity contribution in [2.45, 2.75) is 71.4 Å². The zero-order valence-corrected chi connectivity index (χ0v) is 9.30. The second-order valence-corrected chi connectivity index (χ2v) is 4.37. The second-order valence-electron chi connectivity index (χ2n) is 4.37. The van der Waals surface area contributed by atoms with Crippen LogP contribution in [-0.4, -0.2) is 18.0 Å². The fourth-order valence-corrected chi connectivity index (χ4v) is 1.90. The number of hydrogen-bond acceptors (Lipinski definition) is 2. The van der Waals surface area contributed by atoms with E-state index in [0.29, 0.717) is 6.10 Å². The van der Waals surface area contributed by atoms with Gasteiger partial charge in [-0.05, 0) is 27.2 Å². The van der Waals surface area contributed by atoms with Gasteiger partial charge in [0.05, 0.1) is 12.2 Å². The molecule has 2 heteroatoms. The lowest BCUT2D eigenvalue weighted by Gasteiger charge is -2.16. The summed E-state index contributed by atoms with van der Waals surface area (Å²) < 4.78 is 11.5. The molecule has 0 aromatic heterocycles. The number of unbranched alkanes of at least 4 members (excludes halogenated alkanes) is 2. The molecular formula is C11H22O2. The van der Waals surface area contributed by atoms with Gasteiger partial charge in [0.25, 0.3) is 0 Å². The van der Waals surface area contributed by atoms with Gasteiger partial charge in [-0.3, -0.25) is 0 Å². The third kappa shape index (κ3) is 3.28. The third-order valence-electron chi connectivity index (χ3n) is 2.52. The fraction of sp³-hybridized carbons (Fsp3) is 1.00. The van der Waals surface area contributed by atoms with Crippen LogP contribution in [0.3, 0.4) is 0 Å². The highest BCUT2D eigenvalue weighted by Crippen LogP contribution is 2.30. The normalized spacial score (nSPS) is 32.3. The molecular weight excluding hydrogens is 164 g/mol. The molecule has 1 saturated heterocycles. The minimum atomic E-state index is -0.365. The van der Waals surface area contributed by atoms with E-state index in [0.717, 1.165) is 6.42 Å². The maximum absolute atomic E-state index is 5.79. The number of rotatable bonds is 4. The Morgan fingerprint density at radius 1 is 1.15 bits per heavy atom. The summed E-state index contributed by atoms with van der Waals surface area (Å²) in [4.78, 5) is 0. The summed E-state index contributed by atoms with van der Waals surface area (Å²) in [6.45, 7) is 8.30. The van der Waals surface area contributed by atoms with E-state index in [2.05, 4.69) is 13.8 Å². The predicted molar refractivity (Wildman–Crippen MR) is 53.6 cm³/mol. The van der Waals surface area contributed by atoms with Crippen LogP contribution >= 0.6 is 0 Å². The molecule has 0 aromatic rings. The SMILES string of the molecule is CCCCC[C@@H]1OC(C)(C)O[C@@H]1C. The Morgan fingerprint density at radius 2 is 1.85 bits per heavy atom. The molecule has 0 amide bonds. The van der Waals surface area contributed by atoms with Crippen molar-refractivity contribution < 1.29 is 9.47 Å². The first kappa shape index (κ1) is 11.0. The summed E-state index contributed by atoms with van der Waals surface area (Å²) in [5.41, 5.74) is 0. The first-order valence-electron chi connectivity index (χ1n) is 5.41. The minimum Gasteiger partial charge on any atom is -0.345 e. The van der Waals surface area contributed by atoms with E-state index in [1.807, 2.05) is 13.8 Å². The topological polar surface area (TPSA) is 18.5 Å². The summed E-state index contributed by atoms with van der Waals surface area (Å²) in [6.07, 6.45) is 5.52. The Morgan fingerprint density at radius 3 is 2.31 bits per heavy atom. The Bertz CT molecular complexity index is 154. The largest absolute Gasteiger partial charge is 0.345 e. The van der Waals surface area contributed by atoms with Crippen LogP contribution in [0, 0.1) is 0 Å². The van der Waals surface area contributed by atoms with Crippen molar-refractivity contribution in [3.8, 4) is 0 Å². The Balaban J connectivity index is 2.27. The van der Waals surface area contributed by atoms with Gasteiger partial charge in [-0.15, -0.1) is 0 Å². The molecule has 0 saturated carbocycles. The van der Waals surface area contributed by atoms with Gasteiger partial charge < -0.3 is 9.47 Å². The van der Waals surface area contributed by atoms with Gasteiger partial charge in [0.1, 0.15) is 0 Å². The van der Waals surface area contributed by atoms with Crippen molar-refractivity contribution in [3.63, 3.8) is 0 Å². The van der Waals surface area contributed by atoms with E-state index in [9.17, 15) is 0 Å². The van der Waals surface area contributed by atoms with Gasteiger partial charge in [0, 0.05) is 0 Å². The zero-order valence-electron chi connectivity index (χ0n) is 9.30. The van der Waals surface area contributed by atoms with Crippen molar-refractivity contribution in [2.75, 3.05) is 0 Å². The lowest BCUT2D eigenvalue weighted by Crippen LogP contribution is -2.21. The van der Waals surface area contributed by atoms with Crippen LogP contribution < -0.4 is 0 Å². The van der Waals surface area contributed by atoms with Gasteiger partial charge in [0.2, 0.25) is 0 Å². The van der Waals surface area contributed by atoms with Crippen molar-refractivity contribution >= 4 is 0 Å². The summed E-state index contributed by atoms with van der Waals surface area (Å²) in [6, 6.07) is 0. The lowest BCUT2D eigenvalue weighted by atomic mass is 10.1. The third-order valence-corrected chi connectivity index (χ3v) is 2.52. The number of ether oxygens (including phenoxy) is 2. The average molecular weight is 186 g/mol. The van der Waals surface area contributed by atoms with Crippen molar-refractivity contribution in [3.05, 3.63) is 0 Å². The second kappa shape index (κ2) is 4.43. The standard InChI is InChI=1S/C11H22O2/c1-5-6-7-8-10-9(2)12-11(3,4)13-10/h9-10H,5-8H2,1-4H3/t9-,10+/m1/s1. The summed E-state index contributed by atoms with van der Waals surface area (Å²) >= 11 is 0. The highest BCUT2D eigenvalue weighted by Gasteiger charge is 2.37. The summed E-state index contributed by atoms with van der Waals surface area (Å²) in [7, 11) is 0. The fourth-order valence-electron chi connectivity index (χ4n) is 1.90. The monoisotopic (exact) mass is 186 g/mol.